The van der Waals surface area contributed by atoms with Crippen molar-refractivity contribution in [3.05, 3.63) is 56.0 Å². The number of rotatable bonds is 4. The molecule has 4 aromatic heterocycles. The van der Waals surface area contributed by atoms with Crippen LogP contribution in [0.4, 0.5) is 5.82 Å². The van der Waals surface area contributed by atoms with Crippen molar-refractivity contribution in [3.8, 4) is 22.7 Å². The van der Waals surface area contributed by atoms with Crippen LogP contribution in [0.25, 0.3) is 33.7 Å². The highest BCUT2D eigenvalue weighted by Gasteiger charge is 2.13. The average Bonchev–Trinajstić information content (AvgIpc) is 3.28. The van der Waals surface area contributed by atoms with Crippen molar-refractivity contribution < 1.29 is 9.21 Å². The summed E-state index contributed by atoms with van der Waals surface area (Å²) in [5.74, 6) is 0.304. The van der Waals surface area contributed by atoms with E-state index in [1.807, 2.05) is 18.3 Å². The summed E-state index contributed by atoms with van der Waals surface area (Å²) >= 11 is 0. The molecule has 0 aliphatic rings. The fourth-order valence-corrected chi connectivity index (χ4v) is 2.42. The SMILES string of the molecule is C=CC(=O)Nc1coc(-c2cnc3[nH]cc(-c4ccncn4)c3c2)n1. The van der Waals surface area contributed by atoms with E-state index in [0.717, 1.165) is 28.4 Å². The molecule has 4 heterocycles. The largest absolute Gasteiger partial charge is 0.442 e. The molecule has 0 saturated carbocycles. The number of hydrogen-bond donors (Lipinski definition) is 2. The number of carbonyl (C=O) groups is 1. The van der Waals surface area contributed by atoms with Crippen molar-refractivity contribution in [3.63, 3.8) is 0 Å². The summed E-state index contributed by atoms with van der Waals surface area (Å²) in [4.78, 5) is 31.3. The van der Waals surface area contributed by atoms with Gasteiger partial charge < -0.3 is 14.7 Å². The molecule has 8 heteroatoms. The van der Waals surface area contributed by atoms with E-state index in [9.17, 15) is 4.79 Å². The lowest BCUT2D eigenvalue weighted by molar-refractivity contribution is -0.111. The van der Waals surface area contributed by atoms with Gasteiger partial charge in [0.25, 0.3) is 0 Å². The maximum Gasteiger partial charge on any atom is 0.249 e. The molecule has 122 valence electrons. The zero-order valence-electron chi connectivity index (χ0n) is 12.9. The minimum Gasteiger partial charge on any atom is -0.442 e. The number of anilines is 1. The number of aromatic amines is 1. The Morgan fingerprint density at radius 3 is 3.08 bits per heavy atom. The van der Waals surface area contributed by atoms with Crippen LogP contribution in [-0.4, -0.2) is 30.8 Å². The van der Waals surface area contributed by atoms with Crippen LogP contribution in [0, 0.1) is 0 Å². The molecule has 0 spiro atoms. The van der Waals surface area contributed by atoms with Crippen LogP contribution in [0.1, 0.15) is 0 Å². The molecular formula is C17H12N6O2. The van der Waals surface area contributed by atoms with Crippen LogP contribution in [0.3, 0.4) is 0 Å². The third-order valence-corrected chi connectivity index (χ3v) is 3.58. The lowest BCUT2D eigenvalue weighted by Crippen LogP contribution is -2.07. The quantitative estimate of drug-likeness (QED) is 0.556. The summed E-state index contributed by atoms with van der Waals surface area (Å²) in [6.45, 7) is 3.39. The summed E-state index contributed by atoms with van der Waals surface area (Å²) in [5.41, 5.74) is 3.09. The van der Waals surface area contributed by atoms with E-state index in [1.54, 1.807) is 12.4 Å². The van der Waals surface area contributed by atoms with Crippen LogP contribution in [0.5, 0.6) is 0 Å². The molecule has 0 saturated heterocycles. The molecule has 0 fully saturated rings. The first-order chi connectivity index (χ1) is 12.2. The van der Waals surface area contributed by atoms with E-state index in [0.29, 0.717) is 17.3 Å². The molecule has 0 bridgehead atoms. The van der Waals surface area contributed by atoms with Gasteiger partial charge in [0.05, 0.1) is 11.3 Å². The molecule has 4 aromatic rings. The Kier molecular flexibility index (Phi) is 3.55. The number of nitrogens with zero attached hydrogens (tertiary/aromatic N) is 4. The highest BCUT2D eigenvalue weighted by atomic mass is 16.3. The summed E-state index contributed by atoms with van der Waals surface area (Å²) in [6.07, 6.45) is 9.19. The molecule has 25 heavy (non-hydrogen) atoms. The number of hydrogen-bond acceptors (Lipinski definition) is 6. The summed E-state index contributed by atoms with van der Waals surface area (Å²) in [7, 11) is 0. The molecule has 0 aliphatic carbocycles. The standard InChI is InChI=1S/C17H12N6O2/c1-2-15(24)22-14-8-25-17(23-14)10-5-11-12(7-20-16(11)19-6-10)13-3-4-18-9-21-13/h2-9H,1H2,(H,19,20)(H,22,24). The third-order valence-electron chi connectivity index (χ3n) is 3.58. The first kappa shape index (κ1) is 14.8. The normalized spacial score (nSPS) is 10.7. The number of carbonyl (C=O) groups excluding carboxylic acids is 1. The van der Waals surface area contributed by atoms with Crippen LogP contribution in [0.2, 0.25) is 0 Å². The molecule has 4 rings (SSSR count). The second kappa shape index (κ2) is 6.00. The average molecular weight is 332 g/mol. The second-order valence-electron chi connectivity index (χ2n) is 5.15. The van der Waals surface area contributed by atoms with Gasteiger partial charge in [0.15, 0.2) is 5.82 Å². The number of amides is 1. The van der Waals surface area contributed by atoms with E-state index in [4.69, 9.17) is 4.42 Å². The number of nitrogens with one attached hydrogen (secondary N) is 2. The van der Waals surface area contributed by atoms with Crippen molar-refractivity contribution in [2.45, 2.75) is 0 Å². The fourth-order valence-electron chi connectivity index (χ4n) is 2.42. The summed E-state index contributed by atoms with van der Waals surface area (Å²) in [5, 5.41) is 3.43. The van der Waals surface area contributed by atoms with Crippen molar-refractivity contribution >= 4 is 22.8 Å². The number of pyridine rings is 1. The van der Waals surface area contributed by atoms with Crippen LogP contribution < -0.4 is 5.32 Å². The Balaban J connectivity index is 1.74. The van der Waals surface area contributed by atoms with E-state index in [1.165, 1.54) is 12.6 Å². The molecule has 1 amide bonds. The fraction of sp³-hybridized carbons (Fsp3) is 0. The third kappa shape index (κ3) is 2.76. The highest BCUT2D eigenvalue weighted by Crippen LogP contribution is 2.29. The van der Waals surface area contributed by atoms with Crippen LogP contribution in [-0.2, 0) is 4.79 Å². The lowest BCUT2D eigenvalue weighted by Gasteiger charge is -1.99. The van der Waals surface area contributed by atoms with E-state index in [2.05, 4.69) is 36.8 Å². The summed E-state index contributed by atoms with van der Waals surface area (Å²) < 4.78 is 5.43. The molecule has 2 N–H and O–H groups in total. The first-order valence-corrected chi connectivity index (χ1v) is 7.37. The Morgan fingerprint density at radius 2 is 2.28 bits per heavy atom. The predicted molar refractivity (Wildman–Crippen MR) is 91.4 cm³/mol. The van der Waals surface area contributed by atoms with Crippen molar-refractivity contribution in [2.24, 2.45) is 0 Å². The smallest absolute Gasteiger partial charge is 0.249 e. The molecular weight excluding hydrogens is 320 g/mol. The number of oxazole rings is 1. The Labute approximate surface area is 141 Å². The molecule has 0 atom stereocenters. The van der Waals surface area contributed by atoms with E-state index in [-0.39, 0.29) is 5.91 Å². The predicted octanol–water partition coefficient (Wildman–Crippen LogP) is 2.80. The van der Waals surface area contributed by atoms with Crippen molar-refractivity contribution in [2.75, 3.05) is 5.32 Å². The maximum atomic E-state index is 11.3. The molecule has 0 aromatic carbocycles. The van der Waals surface area contributed by atoms with Crippen LogP contribution >= 0.6 is 0 Å². The van der Waals surface area contributed by atoms with Gasteiger partial charge >= 0.3 is 0 Å². The zero-order valence-corrected chi connectivity index (χ0v) is 12.9. The minimum atomic E-state index is -0.356. The van der Waals surface area contributed by atoms with Gasteiger partial charge in [-0.2, -0.15) is 4.98 Å². The Hall–Kier alpha value is -3.81. The molecule has 0 aliphatic heterocycles. The van der Waals surface area contributed by atoms with Crippen molar-refractivity contribution in [1.82, 2.24) is 24.9 Å². The van der Waals surface area contributed by atoms with E-state index < -0.39 is 0 Å². The Morgan fingerprint density at radius 1 is 1.36 bits per heavy atom. The van der Waals surface area contributed by atoms with Gasteiger partial charge in [-0.3, -0.25) is 4.79 Å². The molecule has 8 nitrogen and oxygen atoms in total. The van der Waals surface area contributed by atoms with Gasteiger partial charge in [0.1, 0.15) is 18.2 Å². The molecule has 0 radical (unpaired) electrons. The van der Waals surface area contributed by atoms with Gasteiger partial charge in [-0.1, -0.05) is 6.58 Å². The monoisotopic (exact) mass is 332 g/mol. The maximum absolute atomic E-state index is 11.3. The van der Waals surface area contributed by atoms with E-state index >= 15 is 0 Å². The number of aromatic nitrogens is 5. The summed E-state index contributed by atoms with van der Waals surface area (Å²) in [6, 6.07) is 3.73. The molecule has 0 unspecified atom stereocenters. The highest BCUT2D eigenvalue weighted by molar-refractivity contribution is 5.98. The zero-order chi connectivity index (χ0) is 17.2. The van der Waals surface area contributed by atoms with Gasteiger partial charge in [-0.15, -0.1) is 0 Å². The minimum absolute atomic E-state index is 0.310. The van der Waals surface area contributed by atoms with Gasteiger partial charge in [0, 0.05) is 29.5 Å². The topological polar surface area (TPSA) is 110 Å². The second-order valence-corrected chi connectivity index (χ2v) is 5.15. The van der Waals surface area contributed by atoms with Crippen molar-refractivity contribution in [1.29, 1.82) is 0 Å². The van der Waals surface area contributed by atoms with Crippen LogP contribution in [0.15, 0.2) is 60.4 Å². The number of fused-ring (bicyclic) bond motifs is 1. The Bertz CT molecular complexity index is 1070. The number of H-pyrrole nitrogens is 1. The van der Waals surface area contributed by atoms with Gasteiger partial charge in [0.2, 0.25) is 11.8 Å². The lowest BCUT2D eigenvalue weighted by atomic mass is 10.1. The first-order valence-electron chi connectivity index (χ1n) is 7.37. The van der Waals surface area contributed by atoms with Gasteiger partial charge in [-0.25, -0.2) is 15.0 Å². The van der Waals surface area contributed by atoms with Gasteiger partial charge in [-0.05, 0) is 18.2 Å².